The van der Waals surface area contributed by atoms with Crippen molar-refractivity contribution in [1.29, 1.82) is 0 Å². The van der Waals surface area contributed by atoms with E-state index in [2.05, 4.69) is 27.4 Å². The molecule has 0 saturated heterocycles. The molecule has 1 amide bonds. The molecule has 96 valence electrons. The number of hydrogen-bond acceptors (Lipinski definition) is 5. The van der Waals surface area contributed by atoms with Gasteiger partial charge in [0.1, 0.15) is 0 Å². The quantitative estimate of drug-likeness (QED) is 0.780. The normalized spacial score (nSPS) is 9.58. The molecule has 2 aromatic rings. The van der Waals surface area contributed by atoms with Crippen LogP contribution in [0.4, 0.5) is 6.01 Å². The first-order valence-electron chi connectivity index (χ1n) is 5.60. The summed E-state index contributed by atoms with van der Waals surface area (Å²) in [6.45, 7) is 1.88. The van der Waals surface area contributed by atoms with E-state index in [9.17, 15) is 4.79 Å². The van der Waals surface area contributed by atoms with Gasteiger partial charge in [-0.2, -0.15) is 0 Å². The molecular weight excluding hydrogens is 244 g/mol. The van der Waals surface area contributed by atoms with Crippen LogP contribution in [-0.4, -0.2) is 22.6 Å². The second kappa shape index (κ2) is 5.80. The van der Waals surface area contributed by atoms with E-state index in [4.69, 9.17) is 10.2 Å². The number of carbonyl (C=O) groups is 1. The third kappa shape index (κ3) is 3.18. The van der Waals surface area contributed by atoms with Crippen LogP contribution < -0.4 is 11.1 Å². The molecule has 0 atom stereocenters. The fourth-order valence-electron chi connectivity index (χ4n) is 1.45. The number of aromatic nitrogens is 2. The molecule has 1 heterocycles. The molecule has 19 heavy (non-hydrogen) atoms. The Labute approximate surface area is 110 Å². The Kier molecular flexibility index (Phi) is 3.90. The van der Waals surface area contributed by atoms with Crippen molar-refractivity contribution >= 4 is 11.9 Å². The maximum atomic E-state index is 12.1. The topological polar surface area (TPSA) is 94.0 Å². The zero-order chi connectivity index (χ0) is 13.7. The van der Waals surface area contributed by atoms with Gasteiger partial charge in [0.2, 0.25) is 5.89 Å². The Balaban J connectivity index is 2.23. The second-order valence-electron chi connectivity index (χ2n) is 3.63. The molecule has 0 aliphatic carbocycles. The zero-order valence-electron chi connectivity index (χ0n) is 10.3. The number of carbonyl (C=O) groups excluding carboxylic acids is 1. The average Bonchev–Trinajstić information content (AvgIpc) is 2.82. The van der Waals surface area contributed by atoms with E-state index in [0.717, 1.165) is 0 Å². The van der Waals surface area contributed by atoms with Crippen molar-refractivity contribution in [3.8, 4) is 11.8 Å². The summed E-state index contributed by atoms with van der Waals surface area (Å²) in [6, 6.07) is 7.02. The lowest BCUT2D eigenvalue weighted by Gasteiger charge is -2.03. The number of aryl methyl sites for hydroxylation is 1. The molecule has 1 aromatic heterocycles. The molecular formula is C13H12N4O2. The summed E-state index contributed by atoms with van der Waals surface area (Å²) >= 11 is 0. The zero-order valence-corrected chi connectivity index (χ0v) is 10.3. The number of nitrogens with two attached hydrogens (primary N) is 1. The summed E-state index contributed by atoms with van der Waals surface area (Å²) in [5.74, 6) is 5.58. The Morgan fingerprint density at radius 3 is 2.89 bits per heavy atom. The number of nitrogens with one attached hydrogen (secondary N) is 1. The lowest BCUT2D eigenvalue weighted by molar-refractivity contribution is 0.102. The molecule has 0 aliphatic heterocycles. The van der Waals surface area contributed by atoms with Crippen LogP contribution >= 0.6 is 0 Å². The van der Waals surface area contributed by atoms with Crippen LogP contribution in [0.15, 0.2) is 28.7 Å². The molecule has 1 aromatic carbocycles. The van der Waals surface area contributed by atoms with E-state index >= 15 is 0 Å². The molecule has 0 fully saturated rings. The third-order valence-electron chi connectivity index (χ3n) is 2.24. The summed E-state index contributed by atoms with van der Waals surface area (Å²) in [4.78, 5) is 12.1. The van der Waals surface area contributed by atoms with Crippen molar-refractivity contribution < 1.29 is 9.21 Å². The largest absolute Gasteiger partial charge is 0.408 e. The van der Waals surface area contributed by atoms with Crippen molar-refractivity contribution in [2.75, 3.05) is 11.9 Å². The highest BCUT2D eigenvalue weighted by atomic mass is 16.4. The van der Waals surface area contributed by atoms with Gasteiger partial charge in [0, 0.05) is 12.5 Å². The minimum absolute atomic E-state index is 0.0593. The van der Waals surface area contributed by atoms with Gasteiger partial charge in [0.25, 0.3) is 5.91 Å². The minimum Gasteiger partial charge on any atom is -0.408 e. The van der Waals surface area contributed by atoms with Gasteiger partial charge in [-0.25, -0.2) is 0 Å². The first-order chi connectivity index (χ1) is 9.20. The maximum absolute atomic E-state index is 12.1. The summed E-state index contributed by atoms with van der Waals surface area (Å²) in [5, 5.41) is 9.85. The average molecular weight is 256 g/mol. The second-order valence-corrected chi connectivity index (χ2v) is 3.63. The molecule has 6 heteroatoms. The fraction of sp³-hybridized carbons (Fsp3) is 0.154. The van der Waals surface area contributed by atoms with Crippen LogP contribution in [0, 0.1) is 18.8 Å². The van der Waals surface area contributed by atoms with Gasteiger partial charge in [-0.3, -0.25) is 10.1 Å². The summed E-state index contributed by atoms with van der Waals surface area (Å²) in [5.41, 5.74) is 6.35. The van der Waals surface area contributed by atoms with Crippen molar-refractivity contribution in [1.82, 2.24) is 10.2 Å². The fourth-order valence-corrected chi connectivity index (χ4v) is 1.45. The Morgan fingerprint density at radius 1 is 1.42 bits per heavy atom. The van der Waals surface area contributed by atoms with E-state index in [1.165, 1.54) is 0 Å². The van der Waals surface area contributed by atoms with Crippen LogP contribution in [0.5, 0.6) is 0 Å². The number of anilines is 1. The van der Waals surface area contributed by atoms with E-state index < -0.39 is 0 Å². The molecule has 0 bridgehead atoms. The summed E-state index contributed by atoms with van der Waals surface area (Å²) in [7, 11) is 0. The van der Waals surface area contributed by atoms with E-state index in [1.54, 1.807) is 31.2 Å². The lowest BCUT2D eigenvalue weighted by Crippen LogP contribution is -2.13. The van der Waals surface area contributed by atoms with Crippen LogP contribution in [-0.2, 0) is 0 Å². The van der Waals surface area contributed by atoms with Gasteiger partial charge in [0.05, 0.1) is 12.1 Å². The monoisotopic (exact) mass is 256 g/mol. The highest BCUT2D eigenvalue weighted by Crippen LogP contribution is 2.11. The molecule has 0 saturated carbocycles. The van der Waals surface area contributed by atoms with E-state index in [0.29, 0.717) is 17.0 Å². The molecule has 0 radical (unpaired) electrons. The first kappa shape index (κ1) is 12.8. The number of amides is 1. The van der Waals surface area contributed by atoms with Gasteiger partial charge in [0.15, 0.2) is 0 Å². The van der Waals surface area contributed by atoms with Crippen LogP contribution in [0.2, 0.25) is 0 Å². The standard InChI is InChI=1S/C13H12N4O2/c1-9-16-17-13(19-9)15-12(18)11-7-3-2-5-10(11)6-4-8-14/h2-3,5,7H,8,14H2,1H3,(H,15,17,18). The predicted molar refractivity (Wildman–Crippen MR) is 69.4 cm³/mol. The highest BCUT2D eigenvalue weighted by Gasteiger charge is 2.12. The van der Waals surface area contributed by atoms with Crippen LogP contribution in [0.3, 0.4) is 0 Å². The third-order valence-corrected chi connectivity index (χ3v) is 2.24. The number of benzene rings is 1. The SMILES string of the molecule is Cc1nnc(NC(=O)c2ccccc2C#CCN)o1. The van der Waals surface area contributed by atoms with Gasteiger partial charge in [-0.15, -0.1) is 5.10 Å². The van der Waals surface area contributed by atoms with Crippen molar-refractivity contribution in [2.24, 2.45) is 5.73 Å². The Bertz CT molecular complexity index is 652. The molecule has 6 nitrogen and oxygen atoms in total. The maximum Gasteiger partial charge on any atom is 0.322 e. The molecule has 2 rings (SSSR count). The lowest BCUT2D eigenvalue weighted by atomic mass is 10.1. The molecule has 0 unspecified atom stereocenters. The number of nitrogens with zero attached hydrogens (tertiary/aromatic N) is 2. The molecule has 3 N–H and O–H groups in total. The molecule has 0 aliphatic rings. The van der Waals surface area contributed by atoms with Crippen molar-refractivity contribution in [3.63, 3.8) is 0 Å². The Morgan fingerprint density at radius 2 is 2.21 bits per heavy atom. The molecule has 0 spiro atoms. The smallest absolute Gasteiger partial charge is 0.322 e. The van der Waals surface area contributed by atoms with Crippen LogP contribution in [0.1, 0.15) is 21.8 Å². The first-order valence-corrected chi connectivity index (χ1v) is 5.60. The van der Waals surface area contributed by atoms with E-state index in [1.807, 2.05) is 0 Å². The minimum atomic E-state index is -0.356. The number of rotatable bonds is 2. The van der Waals surface area contributed by atoms with Gasteiger partial charge in [-0.05, 0) is 12.1 Å². The number of hydrogen-bond donors (Lipinski definition) is 2. The van der Waals surface area contributed by atoms with Gasteiger partial charge in [-0.1, -0.05) is 29.1 Å². The predicted octanol–water partition coefficient (Wildman–Crippen LogP) is 0.941. The van der Waals surface area contributed by atoms with Crippen molar-refractivity contribution in [2.45, 2.75) is 6.92 Å². The van der Waals surface area contributed by atoms with Gasteiger partial charge < -0.3 is 10.2 Å². The van der Waals surface area contributed by atoms with Crippen molar-refractivity contribution in [3.05, 3.63) is 41.3 Å². The van der Waals surface area contributed by atoms with Crippen LogP contribution in [0.25, 0.3) is 0 Å². The Hall–Kier alpha value is -2.65. The summed E-state index contributed by atoms with van der Waals surface area (Å²) < 4.78 is 5.09. The highest BCUT2D eigenvalue weighted by molar-refractivity contribution is 6.04. The van der Waals surface area contributed by atoms with Gasteiger partial charge >= 0.3 is 6.01 Å². The van der Waals surface area contributed by atoms with E-state index in [-0.39, 0.29) is 18.5 Å². The summed E-state index contributed by atoms with van der Waals surface area (Å²) in [6.07, 6.45) is 0.